The smallest absolute Gasteiger partial charge is 0.315 e. The number of esters is 1. The first-order valence-corrected chi connectivity index (χ1v) is 6.05. The molecule has 0 aromatic heterocycles. The molecule has 0 aliphatic rings. The Hall–Kier alpha value is 0.200. The van der Waals surface area contributed by atoms with Gasteiger partial charge in [0.05, 0.1) is 11.0 Å². The van der Waals surface area contributed by atoms with Crippen LogP contribution in [-0.2, 0) is 9.53 Å². The normalized spacial score (nSPS) is 9.83. The van der Waals surface area contributed by atoms with Gasteiger partial charge in [0.2, 0.25) is 0 Å². The molecule has 0 unspecified atom stereocenters. The van der Waals surface area contributed by atoms with Gasteiger partial charge >= 0.3 is 5.97 Å². The van der Waals surface area contributed by atoms with Gasteiger partial charge in [-0.25, -0.2) is 0 Å². The van der Waals surface area contributed by atoms with Crippen LogP contribution in [0.3, 0.4) is 0 Å². The van der Waals surface area contributed by atoms with Crippen molar-refractivity contribution in [1.82, 2.24) is 0 Å². The molecule has 0 spiro atoms. The highest BCUT2D eigenvalue weighted by molar-refractivity contribution is 14.1. The summed E-state index contributed by atoms with van der Waals surface area (Å²) in [7, 11) is 0. The van der Waals surface area contributed by atoms with Gasteiger partial charge in [0, 0.05) is 0 Å². The van der Waals surface area contributed by atoms with Gasteiger partial charge < -0.3 is 4.74 Å². The third kappa shape index (κ3) is 8.30. The fourth-order valence-corrected chi connectivity index (χ4v) is 1.15. The molecular weight excluding hydrogens is 267 g/mol. The summed E-state index contributed by atoms with van der Waals surface area (Å²) in [6.07, 6.45) is 6.01. The predicted octanol–water partition coefficient (Wildman–Crippen LogP) is 2.94. The van der Waals surface area contributed by atoms with Gasteiger partial charge in [0.1, 0.15) is 0 Å². The number of alkyl halides is 1. The maximum Gasteiger partial charge on any atom is 0.315 e. The molecule has 0 rings (SSSR count). The minimum atomic E-state index is -0.0916. The Morgan fingerprint density at radius 3 is 2.50 bits per heavy atom. The van der Waals surface area contributed by atoms with Gasteiger partial charge in [0.15, 0.2) is 0 Å². The number of hydrogen-bond donors (Lipinski definition) is 0. The Labute approximate surface area is 88.2 Å². The molecule has 12 heavy (non-hydrogen) atoms. The zero-order chi connectivity index (χ0) is 9.23. The summed E-state index contributed by atoms with van der Waals surface area (Å²) in [5, 5.41) is 0. The van der Waals surface area contributed by atoms with E-state index in [9.17, 15) is 4.79 Å². The van der Waals surface area contributed by atoms with Crippen LogP contribution in [-0.4, -0.2) is 17.0 Å². The van der Waals surface area contributed by atoms with Crippen LogP contribution in [0.25, 0.3) is 0 Å². The van der Waals surface area contributed by atoms with Crippen molar-refractivity contribution in [2.24, 2.45) is 0 Å². The number of rotatable bonds is 7. The first kappa shape index (κ1) is 12.2. The lowest BCUT2D eigenvalue weighted by Crippen LogP contribution is -2.06. The highest BCUT2D eigenvalue weighted by atomic mass is 127. The first-order valence-electron chi connectivity index (χ1n) is 4.52. The Morgan fingerprint density at radius 1 is 1.25 bits per heavy atom. The molecule has 0 saturated carbocycles. The van der Waals surface area contributed by atoms with Crippen LogP contribution < -0.4 is 0 Å². The minimum Gasteiger partial charge on any atom is -0.465 e. The zero-order valence-corrected chi connectivity index (χ0v) is 9.80. The zero-order valence-electron chi connectivity index (χ0n) is 7.64. The largest absolute Gasteiger partial charge is 0.465 e. The standard InChI is InChI=1S/C9H17IO2/c1-2-3-4-5-6-7-12-9(11)8-10/h2-8H2,1H3. The summed E-state index contributed by atoms with van der Waals surface area (Å²) in [4.78, 5) is 10.7. The lowest BCUT2D eigenvalue weighted by molar-refractivity contribution is -0.140. The fourth-order valence-electron chi connectivity index (χ4n) is 0.930. The maximum absolute atomic E-state index is 10.7. The fraction of sp³-hybridized carbons (Fsp3) is 0.889. The maximum atomic E-state index is 10.7. The molecule has 0 radical (unpaired) electrons. The van der Waals surface area contributed by atoms with E-state index in [0.29, 0.717) is 11.0 Å². The Kier molecular flexibility index (Phi) is 9.44. The summed E-state index contributed by atoms with van der Waals surface area (Å²) in [5.74, 6) is -0.0916. The Bertz CT molecular complexity index is 115. The van der Waals surface area contributed by atoms with E-state index < -0.39 is 0 Å². The van der Waals surface area contributed by atoms with Crippen LogP contribution in [0.15, 0.2) is 0 Å². The van der Waals surface area contributed by atoms with Crippen LogP contribution in [0.1, 0.15) is 39.0 Å². The molecular formula is C9H17IO2. The lowest BCUT2D eigenvalue weighted by atomic mass is 10.2. The third-order valence-corrected chi connectivity index (χ3v) is 2.24. The topological polar surface area (TPSA) is 26.3 Å². The monoisotopic (exact) mass is 284 g/mol. The van der Waals surface area contributed by atoms with Gasteiger partial charge in [-0.15, -0.1) is 0 Å². The summed E-state index contributed by atoms with van der Waals surface area (Å²) in [6.45, 7) is 2.79. The van der Waals surface area contributed by atoms with Gasteiger partial charge in [-0.2, -0.15) is 0 Å². The minimum absolute atomic E-state index is 0.0916. The van der Waals surface area contributed by atoms with E-state index in [1.807, 2.05) is 22.6 Å². The molecule has 0 fully saturated rings. The lowest BCUT2D eigenvalue weighted by Gasteiger charge is -2.01. The first-order chi connectivity index (χ1) is 5.81. The molecule has 0 N–H and O–H groups in total. The van der Waals surface area contributed by atoms with E-state index in [1.165, 1.54) is 25.7 Å². The Morgan fingerprint density at radius 2 is 1.92 bits per heavy atom. The molecule has 0 saturated heterocycles. The molecule has 2 nitrogen and oxygen atoms in total. The van der Waals surface area contributed by atoms with Gasteiger partial charge in [-0.3, -0.25) is 4.79 Å². The molecule has 0 bridgehead atoms. The van der Waals surface area contributed by atoms with E-state index in [4.69, 9.17) is 4.74 Å². The van der Waals surface area contributed by atoms with E-state index in [1.54, 1.807) is 0 Å². The summed E-state index contributed by atoms with van der Waals surface area (Å²) < 4.78 is 5.39. The van der Waals surface area contributed by atoms with Crippen LogP contribution >= 0.6 is 22.6 Å². The van der Waals surface area contributed by atoms with Crippen LogP contribution in [0, 0.1) is 0 Å². The quantitative estimate of drug-likeness (QED) is 0.311. The third-order valence-electron chi connectivity index (χ3n) is 1.62. The molecule has 0 amide bonds. The van der Waals surface area contributed by atoms with E-state index in [-0.39, 0.29) is 5.97 Å². The second-order valence-electron chi connectivity index (χ2n) is 2.77. The number of carbonyl (C=O) groups is 1. The van der Waals surface area contributed by atoms with Crippen molar-refractivity contribution in [3.05, 3.63) is 0 Å². The van der Waals surface area contributed by atoms with Crippen LogP contribution in [0.2, 0.25) is 0 Å². The second-order valence-corrected chi connectivity index (χ2v) is 3.53. The van der Waals surface area contributed by atoms with Crippen molar-refractivity contribution in [2.45, 2.75) is 39.0 Å². The van der Waals surface area contributed by atoms with Crippen molar-refractivity contribution in [2.75, 3.05) is 11.0 Å². The van der Waals surface area contributed by atoms with E-state index in [0.717, 1.165) is 6.42 Å². The molecule has 3 heteroatoms. The van der Waals surface area contributed by atoms with Crippen molar-refractivity contribution in [1.29, 1.82) is 0 Å². The van der Waals surface area contributed by atoms with Gasteiger partial charge in [0.25, 0.3) is 0 Å². The SMILES string of the molecule is CCCCCCCOC(=O)CI. The molecule has 0 atom stereocenters. The number of unbranched alkanes of at least 4 members (excludes halogenated alkanes) is 4. The second kappa shape index (κ2) is 9.29. The molecule has 72 valence electrons. The van der Waals surface area contributed by atoms with E-state index >= 15 is 0 Å². The molecule has 0 aliphatic heterocycles. The van der Waals surface area contributed by atoms with Gasteiger partial charge in [-0.05, 0) is 6.42 Å². The van der Waals surface area contributed by atoms with Crippen LogP contribution in [0.5, 0.6) is 0 Å². The van der Waals surface area contributed by atoms with Crippen molar-refractivity contribution in [3.8, 4) is 0 Å². The molecule has 0 heterocycles. The van der Waals surface area contributed by atoms with Gasteiger partial charge in [-0.1, -0.05) is 55.2 Å². The van der Waals surface area contributed by atoms with E-state index in [2.05, 4.69) is 6.92 Å². The van der Waals surface area contributed by atoms with Crippen molar-refractivity contribution < 1.29 is 9.53 Å². The number of carbonyl (C=O) groups excluding carboxylic acids is 1. The average Bonchev–Trinajstić information content (AvgIpc) is 2.10. The molecule has 0 aromatic rings. The average molecular weight is 284 g/mol. The van der Waals surface area contributed by atoms with Crippen molar-refractivity contribution in [3.63, 3.8) is 0 Å². The summed E-state index contributed by atoms with van der Waals surface area (Å²) in [6, 6.07) is 0. The Balaban J connectivity index is 2.95. The highest BCUT2D eigenvalue weighted by Gasteiger charge is 1.97. The number of halogens is 1. The predicted molar refractivity (Wildman–Crippen MR) is 58.6 cm³/mol. The summed E-state index contributed by atoms with van der Waals surface area (Å²) in [5.41, 5.74) is 0. The van der Waals surface area contributed by atoms with Crippen molar-refractivity contribution >= 4 is 28.6 Å². The summed E-state index contributed by atoms with van der Waals surface area (Å²) >= 11 is 2.01. The molecule has 0 aromatic carbocycles. The number of ether oxygens (including phenoxy) is 1. The molecule has 0 aliphatic carbocycles. The van der Waals surface area contributed by atoms with Crippen LogP contribution in [0.4, 0.5) is 0 Å². The highest BCUT2D eigenvalue weighted by Crippen LogP contribution is 2.02. The number of hydrogen-bond acceptors (Lipinski definition) is 2.